The Labute approximate surface area is 221 Å². The van der Waals surface area contributed by atoms with Crippen LogP contribution in [0.5, 0.6) is 0 Å². The molecule has 0 radical (unpaired) electrons. The van der Waals surface area contributed by atoms with E-state index in [4.69, 9.17) is 0 Å². The fourth-order valence-electron chi connectivity index (χ4n) is 5.63. The molecule has 2 heterocycles. The van der Waals surface area contributed by atoms with Crippen LogP contribution in [0.2, 0.25) is 0 Å². The number of piperidine rings is 1. The van der Waals surface area contributed by atoms with Gasteiger partial charge in [0.15, 0.2) is 0 Å². The molecule has 2 atom stereocenters. The predicted molar refractivity (Wildman–Crippen MR) is 138 cm³/mol. The molecular weight excluding hydrogens is 484 g/mol. The van der Waals surface area contributed by atoms with Crippen molar-refractivity contribution in [3.63, 3.8) is 0 Å². The highest BCUT2D eigenvalue weighted by molar-refractivity contribution is 6.05. The van der Waals surface area contributed by atoms with Crippen LogP contribution >= 0.6 is 0 Å². The summed E-state index contributed by atoms with van der Waals surface area (Å²) in [6.45, 7) is 0.769. The normalized spacial score (nSPS) is 20.2. The minimum Gasteiger partial charge on any atom is -0.355 e. The summed E-state index contributed by atoms with van der Waals surface area (Å²) in [6.07, 6.45) is 4.45. The van der Waals surface area contributed by atoms with Crippen molar-refractivity contribution in [1.82, 2.24) is 20.9 Å². The Bertz CT molecular complexity index is 1250. The van der Waals surface area contributed by atoms with Gasteiger partial charge < -0.3 is 15.5 Å². The molecule has 0 spiro atoms. The third kappa shape index (κ3) is 5.46. The molecule has 3 aliphatic rings. The molecule has 0 bridgehead atoms. The summed E-state index contributed by atoms with van der Waals surface area (Å²) in [5.41, 5.74) is 2.98. The summed E-state index contributed by atoms with van der Waals surface area (Å²) in [6, 6.07) is 14.1. The standard InChI is InChI=1S/C29H32N4O5/c34-25-13-12-24(28(37)32-25)33-17-21-14-18(10-11-22(21)29(33)38)15-30-27(36)23(19-6-2-1-3-7-19)16-31-26(35)20-8-4-5-9-20/h1-3,6-7,10-11,14,20,23-24H,4-5,8-9,12-13,15-17H2,(H,30,36)(H,31,35)(H,32,34,37)/t23-,24?/m0/s1. The summed E-state index contributed by atoms with van der Waals surface area (Å²) >= 11 is 0. The summed E-state index contributed by atoms with van der Waals surface area (Å²) in [7, 11) is 0. The summed E-state index contributed by atoms with van der Waals surface area (Å²) in [4.78, 5) is 64.0. The van der Waals surface area contributed by atoms with E-state index in [1.165, 1.54) is 4.90 Å². The van der Waals surface area contributed by atoms with Crippen molar-refractivity contribution in [2.45, 2.75) is 63.6 Å². The monoisotopic (exact) mass is 516 g/mol. The van der Waals surface area contributed by atoms with E-state index in [0.717, 1.165) is 42.4 Å². The van der Waals surface area contributed by atoms with Gasteiger partial charge in [0.25, 0.3) is 5.91 Å². The van der Waals surface area contributed by atoms with E-state index in [-0.39, 0.29) is 55.6 Å². The average Bonchev–Trinajstić information content (AvgIpc) is 3.57. The zero-order valence-corrected chi connectivity index (χ0v) is 21.2. The predicted octanol–water partition coefficient (Wildman–Crippen LogP) is 2.15. The Morgan fingerprint density at radius 1 is 0.974 bits per heavy atom. The Morgan fingerprint density at radius 2 is 1.74 bits per heavy atom. The molecule has 38 heavy (non-hydrogen) atoms. The quantitative estimate of drug-likeness (QED) is 0.464. The molecule has 5 amide bonds. The lowest BCUT2D eigenvalue weighted by atomic mass is 9.97. The number of carbonyl (C=O) groups excluding carboxylic acids is 5. The Balaban J connectivity index is 1.23. The molecule has 1 saturated carbocycles. The number of hydrogen-bond donors (Lipinski definition) is 3. The van der Waals surface area contributed by atoms with E-state index in [1.54, 1.807) is 12.1 Å². The third-order valence-electron chi connectivity index (χ3n) is 7.78. The molecule has 198 valence electrons. The number of imide groups is 1. The fourth-order valence-corrected chi connectivity index (χ4v) is 5.63. The summed E-state index contributed by atoms with van der Waals surface area (Å²) in [5, 5.41) is 8.29. The van der Waals surface area contributed by atoms with Gasteiger partial charge in [0.05, 0.1) is 5.92 Å². The van der Waals surface area contributed by atoms with Gasteiger partial charge in [0.2, 0.25) is 23.6 Å². The maximum absolute atomic E-state index is 13.3. The van der Waals surface area contributed by atoms with Gasteiger partial charge in [-0.15, -0.1) is 0 Å². The van der Waals surface area contributed by atoms with Crippen LogP contribution in [-0.4, -0.2) is 47.0 Å². The number of carbonyl (C=O) groups is 5. The van der Waals surface area contributed by atoms with Gasteiger partial charge in [-0.25, -0.2) is 0 Å². The highest BCUT2D eigenvalue weighted by Gasteiger charge is 2.39. The van der Waals surface area contributed by atoms with Crippen molar-refractivity contribution < 1.29 is 24.0 Å². The molecule has 5 rings (SSSR count). The molecule has 3 N–H and O–H groups in total. The molecule has 1 unspecified atom stereocenters. The molecule has 1 aliphatic carbocycles. The number of benzene rings is 2. The largest absolute Gasteiger partial charge is 0.355 e. The number of rotatable bonds is 8. The zero-order valence-electron chi connectivity index (χ0n) is 21.2. The maximum atomic E-state index is 13.3. The van der Waals surface area contributed by atoms with Crippen LogP contribution in [0.15, 0.2) is 48.5 Å². The van der Waals surface area contributed by atoms with Crippen LogP contribution in [-0.2, 0) is 32.3 Å². The number of nitrogens with zero attached hydrogens (tertiary/aromatic N) is 1. The Morgan fingerprint density at radius 3 is 2.47 bits per heavy atom. The van der Waals surface area contributed by atoms with E-state index in [0.29, 0.717) is 12.0 Å². The third-order valence-corrected chi connectivity index (χ3v) is 7.78. The molecule has 0 aromatic heterocycles. The first-order chi connectivity index (χ1) is 18.4. The lowest BCUT2D eigenvalue weighted by molar-refractivity contribution is -0.137. The second kappa shape index (κ2) is 11.2. The Kier molecular flexibility index (Phi) is 7.53. The van der Waals surface area contributed by atoms with Crippen molar-refractivity contribution in [1.29, 1.82) is 0 Å². The van der Waals surface area contributed by atoms with Crippen LogP contribution in [0, 0.1) is 5.92 Å². The lowest BCUT2D eigenvalue weighted by Crippen LogP contribution is -2.52. The minimum atomic E-state index is -0.665. The van der Waals surface area contributed by atoms with E-state index < -0.39 is 17.9 Å². The van der Waals surface area contributed by atoms with Crippen molar-refractivity contribution in [3.8, 4) is 0 Å². The van der Waals surface area contributed by atoms with Gasteiger partial charge in [-0.05, 0) is 42.0 Å². The smallest absolute Gasteiger partial charge is 0.255 e. The lowest BCUT2D eigenvalue weighted by Gasteiger charge is -2.29. The maximum Gasteiger partial charge on any atom is 0.255 e. The minimum absolute atomic E-state index is 0.0140. The van der Waals surface area contributed by atoms with E-state index in [9.17, 15) is 24.0 Å². The first-order valence-electron chi connectivity index (χ1n) is 13.3. The second-order valence-electron chi connectivity index (χ2n) is 10.3. The van der Waals surface area contributed by atoms with Gasteiger partial charge in [-0.1, -0.05) is 55.3 Å². The van der Waals surface area contributed by atoms with Gasteiger partial charge >= 0.3 is 0 Å². The second-order valence-corrected chi connectivity index (χ2v) is 10.3. The summed E-state index contributed by atoms with van der Waals surface area (Å²) in [5.74, 6) is -1.66. The van der Waals surface area contributed by atoms with Crippen molar-refractivity contribution in [3.05, 3.63) is 70.8 Å². The topological polar surface area (TPSA) is 125 Å². The van der Waals surface area contributed by atoms with Crippen LogP contribution in [0.1, 0.15) is 71.5 Å². The average molecular weight is 517 g/mol. The molecule has 2 fully saturated rings. The SMILES string of the molecule is O=C1CCC(N2Cc3cc(CNC(=O)[C@@H](CNC(=O)C4CCCC4)c4ccccc4)ccc3C2=O)C(=O)N1. The highest BCUT2D eigenvalue weighted by Crippen LogP contribution is 2.28. The van der Waals surface area contributed by atoms with Gasteiger partial charge in [0.1, 0.15) is 6.04 Å². The highest BCUT2D eigenvalue weighted by atomic mass is 16.2. The first kappa shape index (κ1) is 25.6. The van der Waals surface area contributed by atoms with Crippen molar-refractivity contribution >= 4 is 29.5 Å². The molecular formula is C29H32N4O5. The number of fused-ring (bicyclic) bond motifs is 1. The van der Waals surface area contributed by atoms with Crippen LogP contribution < -0.4 is 16.0 Å². The molecule has 2 aliphatic heterocycles. The van der Waals surface area contributed by atoms with Crippen molar-refractivity contribution in [2.24, 2.45) is 5.92 Å². The fraction of sp³-hybridized carbons (Fsp3) is 0.414. The van der Waals surface area contributed by atoms with Crippen LogP contribution in [0.25, 0.3) is 0 Å². The molecule has 1 saturated heterocycles. The number of hydrogen-bond acceptors (Lipinski definition) is 5. The number of amides is 5. The van der Waals surface area contributed by atoms with Gasteiger partial charge in [0, 0.05) is 37.5 Å². The molecule has 2 aromatic rings. The van der Waals surface area contributed by atoms with E-state index in [1.807, 2.05) is 36.4 Å². The number of nitrogens with one attached hydrogen (secondary N) is 3. The summed E-state index contributed by atoms with van der Waals surface area (Å²) < 4.78 is 0. The van der Waals surface area contributed by atoms with Crippen molar-refractivity contribution in [2.75, 3.05) is 6.54 Å². The van der Waals surface area contributed by atoms with Crippen LogP contribution in [0.4, 0.5) is 0 Å². The molecule has 9 heteroatoms. The molecule has 9 nitrogen and oxygen atoms in total. The van der Waals surface area contributed by atoms with E-state index in [2.05, 4.69) is 16.0 Å². The van der Waals surface area contributed by atoms with Gasteiger partial charge in [-0.3, -0.25) is 29.3 Å². The zero-order chi connectivity index (χ0) is 26.6. The van der Waals surface area contributed by atoms with Gasteiger partial charge in [-0.2, -0.15) is 0 Å². The Hall–Kier alpha value is -4.01. The molecule has 2 aromatic carbocycles. The van der Waals surface area contributed by atoms with E-state index >= 15 is 0 Å². The van der Waals surface area contributed by atoms with Crippen LogP contribution in [0.3, 0.4) is 0 Å². The first-order valence-corrected chi connectivity index (χ1v) is 13.3.